The number of benzene rings is 1. The van der Waals surface area contributed by atoms with E-state index in [0.29, 0.717) is 5.56 Å². The minimum atomic E-state index is -0.0788. The lowest BCUT2D eigenvalue weighted by Crippen LogP contribution is -2.28. The maximum atomic E-state index is 12.2. The van der Waals surface area contributed by atoms with Gasteiger partial charge in [-0.05, 0) is 43.5 Å². The molecule has 3 heteroatoms. The van der Waals surface area contributed by atoms with Gasteiger partial charge in [-0.15, -0.1) is 0 Å². The number of pyridine rings is 1. The van der Waals surface area contributed by atoms with E-state index in [2.05, 4.69) is 49.3 Å². The van der Waals surface area contributed by atoms with Crippen LogP contribution in [-0.2, 0) is 0 Å². The fourth-order valence-electron chi connectivity index (χ4n) is 2.35. The lowest BCUT2D eigenvalue weighted by Gasteiger charge is -2.20. The summed E-state index contributed by atoms with van der Waals surface area (Å²) in [6, 6.07) is 9.91. The lowest BCUT2D eigenvalue weighted by atomic mass is 9.97. The van der Waals surface area contributed by atoms with Crippen LogP contribution in [0.3, 0.4) is 0 Å². The normalized spacial score (nSPS) is 11.9. The molecule has 1 aromatic heterocycles. The average Bonchev–Trinajstić information content (AvgIpc) is 2.46. The Labute approximate surface area is 120 Å². The van der Waals surface area contributed by atoms with Crippen molar-refractivity contribution in [3.63, 3.8) is 0 Å². The molecule has 0 aliphatic heterocycles. The first kappa shape index (κ1) is 14.3. The molecular weight excluding hydrogens is 248 g/mol. The van der Waals surface area contributed by atoms with Gasteiger partial charge in [-0.2, -0.15) is 0 Å². The highest BCUT2D eigenvalue weighted by Crippen LogP contribution is 2.22. The molecule has 104 valence electrons. The summed E-state index contributed by atoms with van der Waals surface area (Å²) >= 11 is 0. The first-order valence-corrected chi connectivity index (χ1v) is 6.90. The molecule has 0 saturated heterocycles. The Morgan fingerprint density at radius 3 is 2.70 bits per heavy atom. The van der Waals surface area contributed by atoms with Gasteiger partial charge in [0.15, 0.2) is 0 Å². The van der Waals surface area contributed by atoms with E-state index in [1.54, 1.807) is 24.5 Å². The third-order valence-electron chi connectivity index (χ3n) is 3.44. The summed E-state index contributed by atoms with van der Waals surface area (Å²) in [6.07, 6.45) is 4.11. The molecule has 0 aliphatic rings. The number of aryl methyl sites for hydroxylation is 2. The van der Waals surface area contributed by atoms with Crippen molar-refractivity contribution in [3.05, 3.63) is 65.0 Å². The van der Waals surface area contributed by atoms with Gasteiger partial charge in [0.2, 0.25) is 0 Å². The van der Waals surface area contributed by atoms with E-state index >= 15 is 0 Å². The zero-order chi connectivity index (χ0) is 14.5. The van der Waals surface area contributed by atoms with Gasteiger partial charge in [0.1, 0.15) is 0 Å². The molecule has 1 unspecified atom stereocenters. The molecule has 1 amide bonds. The number of nitrogens with zero attached hydrogens (tertiary/aromatic N) is 1. The average molecular weight is 268 g/mol. The van der Waals surface area contributed by atoms with E-state index in [0.717, 1.165) is 6.42 Å². The van der Waals surface area contributed by atoms with Crippen molar-refractivity contribution in [2.45, 2.75) is 33.2 Å². The van der Waals surface area contributed by atoms with E-state index in [9.17, 15) is 4.79 Å². The Kier molecular flexibility index (Phi) is 4.51. The second kappa shape index (κ2) is 6.33. The van der Waals surface area contributed by atoms with Gasteiger partial charge in [-0.25, -0.2) is 0 Å². The summed E-state index contributed by atoms with van der Waals surface area (Å²) in [7, 11) is 0. The van der Waals surface area contributed by atoms with Gasteiger partial charge in [0.25, 0.3) is 5.91 Å². The van der Waals surface area contributed by atoms with Crippen molar-refractivity contribution in [1.29, 1.82) is 0 Å². The highest BCUT2D eigenvalue weighted by molar-refractivity contribution is 5.94. The predicted molar refractivity (Wildman–Crippen MR) is 80.7 cm³/mol. The number of hydrogen-bond donors (Lipinski definition) is 1. The number of hydrogen-bond acceptors (Lipinski definition) is 2. The zero-order valence-electron chi connectivity index (χ0n) is 12.2. The molecule has 1 atom stereocenters. The fraction of sp³-hybridized carbons (Fsp3) is 0.294. The highest BCUT2D eigenvalue weighted by atomic mass is 16.1. The molecule has 0 radical (unpaired) electrons. The topological polar surface area (TPSA) is 42.0 Å². The van der Waals surface area contributed by atoms with Gasteiger partial charge in [0, 0.05) is 12.4 Å². The third kappa shape index (κ3) is 3.23. The summed E-state index contributed by atoms with van der Waals surface area (Å²) in [6.45, 7) is 6.24. The monoisotopic (exact) mass is 268 g/mol. The second-order valence-electron chi connectivity index (χ2n) is 5.04. The van der Waals surface area contributed by atoms with Crippen LogP contribution >= 0.6 is 0 Å². The molecule has 20 heavy (non-hydrogen) atoms. The van der Waals surface area contributed by atoms with Gasteiger partial charge >= 0.3 is 0 Å². The SMILES string of the molecule is CCC(NC(=O)c1cccnc1)c1ccc(C)cc1C. The summed E-state index contributed by atoms with van der Waals surface area (Å²) in [4.78, 5) is 16.2. The summed E-state index contributed by atoms with van der Waals surface area (Å²) in [5.41, 5.74) is 4.22. The Balaban J connectivity index is 2.19. The molecular formula is C17H20N2O. The van der Waals surface area contributed by atoms with Crippen molar-refractivity contribution in [1.82, 2.24) is 10.3 Å². The standard InChI is InChI=1S/C17H20N2O/c1-4-16(15-8-7-12(2)10-13(15)3)19-17(20)14-6-5-9-18-11-14/h5-11,16H,4H2,1-3H3,(H,19,20). The molecule has 1 N–H and O–H groups in total. The van der Waals surface area contributed by atoms with Crippen LogP contribution in [0.1, 0.15) is 46.4 Å². The maximum absolute atomic E-state index is 12.2. The van der Waals surface area contributed by atoms with Crippen LogP contribution in [0.4, 0.5) is 0 Å². The third-order valence-corrected chi connectivity index (χ3v) is 3.44. The number of aromatic nitrogens is 1. The van der Waals surface area contributed by atoms with Crippen LogP contribution in [0.15, 0.2) is 42.7 Å². The first-order chi connectivity index (χ1) is 9.61. The number of nitrogens with one attached hydrogen (secondary N) is 1. The molecule has 0 fully saturated rings. The van der Waals surface area contributed by atoms with Crippen molar-refractivity contribution < 1.29 is 4.79 Å². The Morgan fingerprint density at radius 2 is 2.10 bits per heavy atom. The molecule has 2 aromatic rings. The quantitative estimate of drug-likeness (QED) is 0.921. The molecule has 3 nitrogen and oxygen atoms in total. The van der Waals surface area contributed by atoms with Crippen molar-refractivity contribution in [2.75, 3.05) is 0 Å². The number of carbonyl (C=O) groups excluding carboxylic acids is 1. The first-order valence-electron chi connectivity index (χ1n) is 6.90. The van der Waals surface area contributed by atoms with Crippen LogP contribution in [0, 0.1) is 13.8 Å². The van der Waals surface area contributed by atoms with Crippen LogP contribution in [0.25, 0.3) is 0 Å². The largest absolute Gasteiger partial charge is 0.345 e. The Hall–Kier alpha value is -2.16. The molecule has 0 saturated carbocycles. The van der Waals surface area contributed by atoms with E-state index in [1.807, 2.05) is 0 Å². The summed E-state index contributed by atoms with van der Waals surface area (Å²) in [5, 5.41) is 3.08. The van der Waals surface area contributed by atoms with E-state index < -0.39 is 0 Å². The van der Waals surface area contributed by atoms with Gasteiger partial charge in [-0.1, -0.05) is 30.7 Å². The number of rotatable bonds is 4. The van der Waals surface area contributed by atoms with E-state index in [1.165, 1.54) is 16.7 Å². The van der Waals surface area contributed by atoms with Gasteiger partial charge in [0.05, 0.1) is 11.6 Å². The van der Waals surface area contributed by atoms with Crippen LogP contribution < -0.4 is 5.32 Å². The minimum Gasteiger partial charge on any atom is -0.345 e. The van der Waals surface area contributed by atoms with Crippen molar-refractivity contribution >= 4 is 5.91 Å². The molecule has 1 heterocycles. The second-order valence-corrected chi connectivity index (χ2v) is 5.04. The van der Waals surface area contributed by atoms with Crippen LogP contribution in [-0.4, -0.2) is 10.9 Å². The van der Waals surface area contributed by atoms with Crippen molar-refractivity contribution in [3.8, 4) is 0 Å². The smallest absolute Gasteiger partial charge is 0.253 e. The minimum absolute atomic E-state index is 0.0308. The molecule has 0 bridgehead atoms. The number of amides is 1. The highest BCUT2D eigenvalue weighted by Gasteiger charge is 2.15. The maximum Gasteiger partial charge on any atom is 0.253 e. The molecule has 2 rings (SSSR count). The van der Waals surface area contributed by atoms with Crippen LogP contribution in [0.2, 0.25) is 0 Å². The molecule has 0 aliphatic carbocycles. The summed E-state index contributed by atoms with van der Waals surface area (Å²) in [5.74, 6) is -0.0788. The Bertz CT molecular complexity index is 593. The predicted octanol–water partition coefficient (Wildman–Crippen LogP) is 3.58. The van der Waals surface area contributed by atoms with Crippen LogP contribution in [0.5, 0.6) is 0 Å². The fourth-order valence-corrected chi connectivity index (χ4v) is 2.35. The Morgan fingerprint density at radius 1 is 1.30 bits per heavy atom. The van der Waals surface area contributed by atoms with E-state index in [-0.39, 0.29) is 11.9 Å². The van der Waals surface area contributed by atoms with Gasteiger partial charge < -0.3 is 5.32 Å². The zero-order valence-corrected chi connectivity index (χ0v) is 12.2. The summed E-state index contributed by atoms with van der Waals surface area (Å²) < 4.78 is 0. The van der Waals surface area contributed by atoms with Crippen molar-refractivity contribution in [2.24, 2.45) is 0 Å². The molecule has 1 aromatic carbocycles. The van der Waals surface area contributed by atoms with Gasteiger partial charge in [-0.3, -0.25) is 9.78 Å². The lowest BCUT2D eigenvalue weighted by molar-refractivity contribution is 0.0935. The van der Waals surface area contributed by atoms with E-state index in [4.69, 9.17) is 0 Å². The molecule has 0 spiro atoms. The number of carbonyl (C=O) groups is 1.